The van der Waals surface area contributed by atoms with Crippen molar-refractivity contribution in [1.82, 2.24) is 5.32 Å². The van der Waals surface area contributed by atoms with Gasteiger partial charge in [-0.25, -0.2) is 18.0 Å². The first-order chi connectivity index (χ1) is 16.5. The van der Waals surface area contributed by atoms with Gasteiger partial charge in [-0.2, -0.15) is 0 Å². The lowest BCUT2D eigenvalue weighted by Gasteiger charge is -2.40. The second kappa shape index (κ2) is 11.0. The maximum Gasteiger partial charge on any atom is 0.414 e. The van der Waals surface area contributed by atoms with Crippen LogP contribution in [0.5, 0.6) is 0 Å². The summed E-state index contributed by atoms with van der Waals surface area (Å²) in [7, 11) is -1.78. The smallest absolute Gasteiger partial charge is 0.414 e. The number of amides is 2. The number of carbonyl (C=O) groups is 2. The molecule has 1 N–H and O–H groups in total. The Hall–Kier alpha value is -3.27. The Labute approximate surface area is 207 Å². The summed E-state index contributed by atoms with van der Waals surface area (Å²) in [4.78, 5) is 28.6. The van der Waals surface area contributed by atoms with Crippen LogP contribution in [0.15, 0.2) is 48.2 Å². The average Bonchev–Trinajstić information content (AvgIpc) is 3.02. The van der Waals surface area contributed by atoms with Crippen molar-refractivity contribution in [3.8, 4) is 0 Å². The van der Waals surface area contributed by atoms with Crippen LogP contribution in [-0.4, -0.2) is 65.0 Å². The monoisotopic (exact) mass is 503 g/mol. The number of fused-ring (bicyclic) bond motifs is 1. The van der Waals surface area contributed by atoms with Gasteiger partial charge in [0.25, 0.3) is 0 Å². The zero-order chi connectivity index (χ0) is 25.8. The predicted molar refractivity (Wildman–Crippen MR) is 137 cm³/mol. The number of methoxy groups -OCH3 is 1. The van der Waals surface area contributed by atoms with E-state index < -0.39 is 22.0 Å². The predicted octanol–water partition coefficient (Wildman–Crippen LogP) is 3.87. The molecule has 9 nitrogen and oxygen atoms in total. The summed E-state index contributed by atoms with van der Waals surface area (Å²) in [5.41, 5.74) is 3.62. The zero-order valence-corrected chi connectivity index (χ0v) is 21.6. The highest BCUT2D eigenvalue weighted by atomic mass is 32.2. The normalized spacial score (nSPS) is 17.8. The lowest BCUT2D eigenvalue weighted by atomic mass is 9.98. The van der Waals surface area contributed by atoms with Crippen LogP contribution >= 0.6 is 0 Å². The van der Waals surface area contributed by atoms with E-state index in [1.807, 2.05) is 43.4 Å². The molecule has 0 radical (unpaired) electrons. The van der Waals surface area contributed by atoms with Crippen molar-refractivity contribution in [2.75, 3.05) is 42.0 Å². The van der Waals surface area contributed by atoms with Crippen LogP contribution in [0.3, 0.4) is 0 Å². The first-order valence-corrected chi connectivity index (χ1v) is 13.6. The molecule has 190 valence electrons. The maximum atomic E-state index is 13.0. The van der Waals surface area contributed by atoms with Crippen LogP contribution in [-0.2, 0) is 19.3 Å². The van der Waals surface area contributed by atoms with Gasteiger partial charge in [0.2, 0.25) is 0 Å². The van der Waals surface area contributed by atoms with E-state index in [4.69, 9.17) is 9.47 Å². The molecule has 1 aliphatic carbocycles. The van der Waals surface area contributed by atoms with Crippen molar-refractivity contribution >= 4 is 39.0 Å². The fourth-order valence-electron chi connectivity index (χ4n) is 4.06. The number of anilines is 2. The molecule has 0 saturated heterocycles. The molecule has 1 aromatic rings. The molecule has 35 heavy (non-hydrogen) atoms. The fraction of sp³-hybridized carbons (Fsp3) is 0.440. The van der Waals surface area contributed by atoms with Gasteiger partial charge in [0.05, 0.1) is 42.9 Å². The summed E-state index contributed by atoms with van der Waals surface area (Å²) in [6, 6.07) is 5.19. The quantitative estimate of drug-likeness (QED) is 0.628. The molecule has 2 amide bonds. The number of hydrogen-bond acceptors (Lipinski definition) is 7. The third-order valence-corrected chi connectivity index (χ3v) is 6.57. The lowest BCUT2D eigenvalue weighted by Crippen LogP contribution is -2.52. The molecule has 0 bridgehead atoms. The number of hydrogen-bond donors (Lipinski definition) is 1. The summed E-state index contributed by atoms with van der Waals surface area (Å²) in [6.45, 7) is 5.94. The highest BCUT2D eigenvalue weighted by molar-refractivity contribution is 7.90. The third kappa shape index (κ3) is 6.45. The fourth-order valence-corrected chi connectivity index (χ4v) is 4.53. The second-order valence-electron chi connectivity index (χ2n) is 8.88. The van der Waals surface area contributed by atoms with Gasteiger partial charge in [0, 0.05) is 30.5 Å². The molecule has 1 heterocycles. The summed E-state index contributed by atoms with van der Waals surface area (Å²) in [5.74, 6) is 0.0161. The minimum Gasteiger partial charge on any atom is -0.452 e. The summed E-state index contributed by atoms with van der Waals surface area (Å²) in [6.07, 6.45) is 8.26. The number of carbonyl (C=O) groups excluding carboxylic acids is 2. The molecule has 1 atom stereocenters. The number of nitrogens with zero attached hydrogens (tertiary/aromatic N) is 2. The molecule has 3 rings (SSSR count). The largest absolute Gasteiger partial charge is 0.452 e. The number of benzene rings is 1. The minimum atomic E-state index is -3.11. The standard InChI is InChI=1S/C25H33N3O6S/c1-17(2)34-24(29)27-16-18(3)28(25(30)33-4)22-12-11-19(15-23(22)27)20-9-7-6-8-10-21(20)26-13-14-35(5,31)32/h6-9,11-12,15,17-18,26H,10,13-14,16H2,1-5H3. The Morgan fingerprint density at radius 1 is 1.17 bits per heavy atom. The molecule has 0 fully saturated rings. The molecular formula is C25H33N3O6S. The molecule has 10 heteroatoms. The van der Waals surface area contributed by atoms with E-state index in [9.17, 15) is 18.0 Å². The van der Waals surface area contributed by atoms with Gasteiger partial charge in [-0.3, -0.25) is 9.80 Å². The van der Waals surface area contributed by atoms with E-state index in [-0.39, 0.29) is 31.0 Å². The molecule has 0 spiro atoms. The van der Waals surface area contributed by atoms with Gasteiger partial charge < -0.3 is 14.8 Å². The van der Waals surface area contributed by atoms with Crippen molar-refractivity contribution in [2.24, 2.45) is 0 Å². The van der Waals surface area contributed by atoms with Crippen LogP contribution in [0.25, 0.3) is 5.57 Å². The van der Waals surface area contributed by atoms with Crippen LogP contribution < -0.4 is 15.1 Å². The Bertz CT molecular complexity index is 1170. The van der Waals surface area contributed by atoms with Gasteiger partial charge in [-0.1, -0.05) is 30.4 Å². The van der Waals surface area contributed by atoms with Gasteiger partial charge in [-0.15, -0.1) is 0 Å². The molecule has 2 aliphatic rings. The molecule has 1 aromatic carbocycles. The van der Waals surface area contributed by atoms with E-state index in [0.717, 1.165) is 16.8 Å². The average molecular weight is 504 g/mol. The number of allylic oxidation sites excluding steroid dienone is 5. The minimum absolute atomic E-state index is 0.0161. The highest BCUT2D eigenvalue weighted by Gasteiger charge is 2.36. The Morgan fingerprint density at radius 3 is 2.57 bits per heavy atom. The molecule has 0 aromatic heterocycles. The third-order valence-electron chi connectivity index (χ3n) is 5.62. The summed E-state index contributed by atoms with van der Waals surface area (Å²) < 4.78 is 33.6. The number of ether oxygens (including phenoxy) is 2. The number of nitrogens with one attached hydrogen (secondary N) is 1. The van der Waals surface area contributed by atoms with Crippen molar-refractivity contribution in [3.63, 3.8) is 0 Å². The first kappa shape index (κ1) is 26.3. The van der Waals surface area contributed by atoms with Crippen molar-refractivity contribution in [2.45, 2.75) is 39.3 Å². The molecule has 1 unspecified atom stereocenters. The zero-order valence-electron chi connectivity index (χ0n) is 20.8. The first-order valence-electron chi connectivity index (χ1n) is 11.5. The topological polar surface area (TPSA) is 105 Å². The summed E-state index contributed by atoms with van der Waals surface area (Å²) in [5, 5.41) is 3.26. The highest BCUT2D eigenvalue weighted by Crippen LogP contribution is 2.39. The number of sulfone groups is 1. The molecule has 1 aliphatic heterocycles. The van der Waals surface area contributed by atoms with E-state index >= 15 is 0 Å². The van der Waals surface area contributed by atoms with E-state index in [0.29, 0.717) is 17.8 Å². The number of rotatable bonds is 6. The summed E-state index contributed by atoms with van der Waals surface area (Å²) >= 11 is 0. The lowest BCUT2D eigenvalue weighted by molar-refractivity contribution is 0.121. The SMILES string of the molecule is COC(=O)N1c2ccc(C3=C(NCCS(C)(=O)=O)CC=CC=C3)cc2N(C(=O)OC(C)C)CC1C. The molecule has 0 saturated carbocycles. The van der Waals surface area contributed by atoms with E-state index in [2.05, 4.69) is 5.32 Å². The maximum absolute atomic E-state index is 13.0. The van der Waals surface area contributed by atoms with Crippen molar-refractivity contribution < 1.29 is 27.5 Å². The Morgan fingerprint density at radius 2 is 1.91 bits per heavy atom. The van der Waals surface area contributed by atoms with E-state index in [1.54, 1.807) is 24.8 Å². The van der Waals surface area contributed by atoms with E-state index in [1.165, 1.54) is 18.3 Å². The van der Waals surface area contributed by atoms with Gasteiger partial charge in [0.15, 0.2) is 0 Å². The van der Waals surface area contributed by atoms with Crippen LogP contribution in [0.1, 0.15) is 32.8 Å². The Kier molecular flexibility index (Phi) is 8.26. The van der Waals surface area contributed by atoms with Crippen LogP contribution in [0, 0.1) is 0 Å². The second-order valence-corrected chi connectivity index (χ2v) is 11.1. The van der Waals surface area contributed by atoms with Gasteiger partial charge in [0.1, 0.15) is 9.84 Å². The van der Waals surface area contributed by atoms with Crippen LogP contribution in [0.2, 0.25) is 0 Å². The Balaban J connectivity index is 2.08. The van der Waals surface area contributed by atoms with Gasteiger partial charge >= 0.3 is 12.2 Å². The van der Waals surface area contributed by atoms with Gasteiger partial charge in [-0.05, 0) is 38.5 Å². The van der Waals surface area contributed by atoms with Crippen LogP contribution in [0.4, 0.5) is 21.0 Å². The molecular weight excluding hydrogens is 470 g/mol. The van der Waals surface area contributed by atoms with Crippen molar-refractivity contribution in [3.05, 3.63) is 53.8 Å². The van der Waals surface area contributed by atoms with Crippen molar-refractivity contribution in [1.29, 1.82) is 0 Å².